The monoisotopic (exact) mass is 654 g/mol. The topological polar surface area (TPSA) is 262 Å². The van der Waals surface area contributed by atoms with Gasteiger partial charge in [0.25, 0.3) is 35.7 Å². The van der Waals surface area contributed by atoms with Crippen LogP contribution in [0.1, 0.15) is 17.5 Å². The molecule has 7 heterocycles. The van der Waals surface area contributed by atoms with Crippen LogP contribution in [-0.4, -0.2) is 44.9 Å². The zero-order valence-electron chi connectivity index (χ0n) is 22.3. The van der Waals surface area contributed by atoms with Gasteiger partial charge in [0.05, 0.1) is 0 Å². The van der Waals surface area contributed by atoms with Crippen molar-refractivity contribution in [2.45, 2.75) is 0 Å². The molecule has 0 fully saturated rings. The maximum atomic E-state index is 13.7. The number of allylic oxidation sites excluding steroid dienone is 3. The molecule has 7 rings (SSSR count). The maximum absolute atomic E-state index is 13.7. The Morgan fingerprint density at radius 3 is 0.688 bits per heavy atom. The third-order valence-corrected chi connectivity index (χ3v) is 5.92. The Labute approximate surface area is 255 Å². The highest BCUT2D eigenvalue weighted by Gasteiger charge is 2.26. The van der Waals surface area contributed by atoms with E-state index in [1.807, 2.05) is 0 Å². The van der Waals surface area contributed by atoms with Gasteiger partial charge in [-0.1, -0.05) is 0 Å². The van der Waals surface area contributed by atoms with Gasteiger partial charge >= 0.3 is 0 Å². The minimum Gasteiger partial charge on any atom is -0.206 e. The second-order valence-corrected chi connectivity index (χ2v) is 8.77. The maximum Gasteiger partial charge on any atom is 0.270 e. The standard InChI is InChI=1S/C24F6N18/c25-7-8(26)35-20-19(34-7)43-16(44-20)4(1-31)13-40-14(5(2-32)17-45-21-22(46-17)37-10(28)9(27)36-21)42-15(41-13)6(3-33)18-47-23-24(48-18)39-12(30)11(29)38-23. The van der Waals surface area contributed by atoms with Gasteiger partial charge in [-0.2, -0.15) is 72.0 Å². The van der Waals surface area contributed by atoms with Crippen LogP contribution in [0, 0.1) is 69.7 Å². The van der Waals surface area contributed by atoms with E-state index in [0.717, 1.165) is 0 Å². The van der Waals surface area contributed by atoms with E-state index in [0.29, 0.717) is 0 Å². The lowest BCUT2D eigenvalue weighted by molar-refractivity contribution is 0.443. The third kappa shape index (κ3) is 4.72. The molecule has 0 saturated heterocycles. The molecule has 24 heteroatoms. The number of nitrogens with zero attached hydrogens (tertiary/aromatic N) is 18. The first-order chi connectivity index (χ1) is 23.1. The van der Waals surface area contributed by atoms with Gasteiger partial charge in [0.1, 0.15) is 34.9 Å². The summed E-state index contributed by atoms with van der Waals surface area (Å²) in [6, 6.07) is 5.05. The van der Waals surface area contributed by atoms with Crippen molar-refractivity contribution in [3.8, 4) is 18.2 Å². The molecule has 4 aromatic heterocycles. The summed E-state index contributed by atoms with van der Waals surface area (Å²) in [5.74, 6) is -13.4. The van der Waals surface area contributed by atoms with Gasteiger partial charge in [-0.25, -0.2) is 44.9 Å². The van der Waals surface area contributed by atoms with E-state index in [9.17, 15) is 42.1 Å². The van der Waals surface area contributed by atoms with E-state index in [4.69, 9.17) is 0 Å². The van der Waals surface area contributed by atoms with E-state index in [1.165, 1.54) is 0 Å². The largest absolute Gasteiger partial charge is 0.270 e. The van der Waals surface area contributed by atoms with Crippen LogP contribution in [0.2, 0.25) is 0 Å². The van der Waals surface area contributed by atoms with Gasteiger partial charge in [0.15, 0.2) is 34.9 Å². The third-order valence-electron chi connectivity index (χ3n) is 5.92. The van der Waals surface area contributed by atoms with Crippen molar-refractivity contribution >= 4 is 16.7 Å². The smallest absolute Gasteiger partial charge is 0.206 e. The average Bonchev–Trinajstić information content (AvgIpc) is 3.76. The van der Waals surface area contributed by atoms with Gasteiger partial charge in [-0.15, -0.1) is 0 Å². The Morgan fingerprint density at radius 1 is 0.333 bits per heavy atom. The molecule has 0 amide bonds. The van der Waals surface area contributed by atoms with Crippen molar-refractivity contribution in [2.75, 3.05) is 0 Å². The van der Waals surface area contributed by atoms with Crippen molar-refractivity contribution in [1.82, 2.24) is 44.9 Å². The molecule has 0 N–H and O–H groups in total. The minimum absolute atomic E-state index is 0.521. The normalized spacial score (nSPS) is 13.2. The fraction of sp³-hybridized carbons (Fsp3) is 0. The highest BCUT2D eigenvalue weighted by Crippen LogP contribution is 2.25. The number of halogens is 6. The van der Waals surface area contributed by atoms with E-state index in [1.54, 1.807) is 18.2 Å². The second kappa shape index (κ2) is 10.7. The van der Waals surface area contributed by atoms with E-state index >= 15 is 0 Å². The Bertz CT molecular complexity index is 2400. The van der Waals surface area contributed by atoms with Gasteiger partial charge < -0.3 is 0 Å². The zero-order chi connectivity index (χ0) is 33.9. The summed E-state index contributed by atoms with van der Waals surface area (Å²) in [5, 5.41) is 30.1. The first-order valence-electron chi connectivity index (χ1n) is 12.3. The first kappa shape index (κ1) is 29.1. The molecular formula is C24F6N18. The summed E-state index contributed by atoms with van der Waals surface area (Å²) in [6.45, 7) is 0. The van der Waals surface area contributed by atoms with Gasteiger partial charge in [-0.05, 0) is 0 Å². The fourth-order valence-corrected chi connectivity index (χ4v) is 3.91. The lowest BCUT2D eigenvalue weighted by Crippen LogP contribution is -2.31. The molecule has 4 aromatic rings. The van der Waals surface area contributed by atoms with Crippen LogP contribution in [0.4, 0.5) is 26.3 Å². The Kier molecular flexibility index (Phi) is 6.50. The molecule has 3 aliphatic rings. The predicted molar refractivity (Wildman–Crippen MR) is 130 cm³/mol. The van der Waals surface area contributed by atoms with Crippen LogP contribution in [0.25, 0.3) is 16.7 Å². The molecule has 0 atom stereocenters. The van der Waals surface area contributed by atoms with E-state index in [2.05, 4.69) is 74.8 Å². The Balaban J connectivity index is 1.50. The second-order valence-electron chi connectivity index (χ2n) is 8.77. The molecule has 0 saturated carbocycles. The van der Waals surface area contributed by atoms with Gasteiger partial charge in [-0.3, -0.25) is 0 Å². The molecule has 3 aliphatic heterocycles. The molecule has 48 heavy (non-hydrogen) atoms. The van der Waals surface area contributed by atoms with Crippen molar-refractivity contribution in [2.24, 2.45) is 30.0 Å². The Hall–Kier alpha value is -7.68. The molecule has 0 bridgehead atoms. The number of aromatic nitrogens is 9. The lowest BCUT2D eigenvalue weighted by atomic mass is 10.2. The summed E-state index contributed by atoms with van der Waals surface area (Å²) in [6.07, 6.45) is 0. The molecule has 228 valence electrons. The number of hydrogen-bond donors (Lipinski definition) is 0. The summed E-state index contributed by atoms with van der Waals surface area (Å²) >= 11 is 0. The van der Waals surface area contributed by atoms with Gasteiger partial charge in [0, 0.05) is 0 Å². The summed E-state index contributed by atoms with van der Waals surface area (Å²) in [4.78, 5) is 54.7. The molecule has 0 unspecified atom stereocenters. The van der Waals surface area contributed by atoms with Crippen LogP contribution in [0.3, 0.4) is 0 Å². The quantitative estimate of drug-likeness (QED) is 0.164. The first-order valence-corrected chi connectivity index (χ1v) is 12.3. The fourth-order valence-electron chi connectivity index (χ4n) is 3.91. The number of rotatable bonds is 3. The van der Waals surface area contributed by atoms with E-state index in [-0.39, 0.29) is 0 Å². The van der Waals surface area contributed by atoms with Crippen LogP contribution in [-0.2, 0) is 0 Å². The van der Waals surface area contributed by atoms with Crippen molar-refractivity contribution in [3.05, 3.63) is 104 Å². The highest BCUT2D eigenvalue weighted by atomic mass is 19.2. The van der Waals surface area contributed by atoms with Crippen molar-refractivity contribution in [1.29, 1.82) is 15.8 Å². The summed E-state index contributed by atoms with van der Waals surface area (Å²) in [7, 11) is 0. The van der Waals surface area contributed by atoms with E-state index < -0.39 is 120 Å². The number of nitriles is 3. The SMILES string of the molecule is N#CC(=C1N=c2nc(F)c(F)nc2=N1)c1nc(C(C#N)=C2N=c3nc(F)c(F)nc3=N2)nc(C(C#N)=C2N=c3nc(F)c(F)nc3=N2)n1. The molecule has 0 radical (unpaired) electrons. The summed E-state index contributed by atoms with van der Waals surface area (Å²) < 4.78 is 82.1. The zero-order valence-corrected chi connectivity index (χ0v) is 22.3. The molecule has 0 aromatic carbocycles. The number of fused-ring (bicyclic) bond motifs is 3. The van der Waals surface area contributed by atoms with Crippen LogP contribution >= 0.6 is 0 Å². The average molecular weight is 654 g/mol. The van der Waals surface area contributed by atoms with Crippen LogP contribution in [0.15, 0.2) is 47.4 Å². The highest BCUT2D eigenvalue weighted by molar-refractivity contribution is 5.82. The van der Waals surface area contributed by atoms with Crippen LogP contribution in [0.5, 0.6) is 0 Å². The molecule has 18 nitrogen and oxygen atoms in total. The molecule has 0 spiro atoms. The van der Waals surface area contributed by atoms with Crippen molar-refractivity contribution < 1.29 is 26.3 Å². The Morgan fingerprint density at radius 2 is 0.521 bits per heavy atom. The number of hydrogen-bond acceptors (Lipinski definition) is 18. The molecule has 0 aliphatic carbocycles. The minimum atomic E-state index is -1.62. The van der Waals surface area contributed by atoms with Gasteiger partial charge in [0.2, 0.25) is 32.9 Å². The molecular weight excluding hydrogens is 654 g/mol. The predicted octanol–water partition coefficient (Wildman–Crippen LogP) is -2.49. The van der Waals surface area contributed by atoms with Crippen molar-refractivity contribution in [3.63, 3.8) is 0 Å². The lowest BCUT2D eigenvalue weighted by Gasteiger charge is -2.07. The summed E-state index contributed by atoms with van der Waals surface area (Å²) in [5.41, 5.74) is -5.05. The van der Waals surface area contributed by atoms with Crippen LogP contribution < -0.4 is 32.9 Å².